The molecule has 1 aliphatic heterocycles. The van der Waals surface area contributed by atoms with Crippen molar-refractivity contribution in [2.24, 2.45) is 5.92 Å². The van der Waals surface area contributed by atoms with Crippen molar-refractivity contribution in [2.75, 3.05) is 19.6 Å². The number of aromatic hydroxyl groups is 1. The second kappa shape index (κ2) is 6.32. The van der Waals surface area contributed by atoms with Crippen LogP contribution in [0.1, 0.15) is 44.2 Å². The molecule has 3 nitrogen and oxygen atoms in total. The number of phenolic OH excluding ortho intramolecular Hbond substituents is 1. The van der Waals surface area contributed by atoms with Crippen LogP contribution in [0.5, 0.6) is 5.75 Å². The lowest BCUT2D eigenvalue weighted by molar-refractivity contribution is 0.181. The summed E-state index contributed by atoms with van der Waals surface area (Å²) in [5.41, 5.74) is 0.829. The quantitative estimate of drug-likeness (QED) is 0.846. The zero-order valence-corrected chi connectivity index (χ0v) is 12.7. The van der Waals surface area contributed by atoms with Gasteiger partial charge in [-0.1, -0.05) is 6.07 Å². The predicted molar refractivity (Wildman–Crippen MR) is 81.8 cm³/mol. The normalized spacial score (nSPS) is 23.7. The smallest absolute Gasteiger partial charge is 0.126 e. The molecule has 116 valence electrons. The SMILES string of the molecule is CC(c1ccc(F)cc1O)N(CC1CC1)CC1CCCN1. The molecule has 1 saturated heterocycles. The van der Waals surface area contributed by atoms with Gasteiger partial charge in [-0.25, -0.2) is 4.39 Å². The Labute approximate surface area is 126 Å². The summed E-state index contributed by atoms with van der Waals surface area (Å²) in [7, 11) is 0. The molecule has 2 atom stereocenters. The maximum Gasteiger partial charge on any atom is 0.126 e. The van der Waals surface area contributed by atoms with Crippen LogP contribution in [0, 0.1) is 11.7 Å². The molecule has 2 N–H and O–H groups in total. The van der Waals surface area contributed by atoms with E-state index in [0.29, 0.717) is 6.04 Å². The summed E-state index contributed by atoms with van der Waals surface area (Å²) in [5, 5.41) is 13.6. The Morgan fingerprint density at radius 2 is 2.14 bits per heavy atom. The van der Waals surface area contributed by atoms with E-state index in [4.69, 9.17) is 0 Å². The number of benzene rings is 1. The molecule has 2 aliphatic rings. The van der Waals surface area contributed by atoms with Gasteiger partial charge in [-0.2, -0.15) is 0 Å². The fourth-order valence-corrected chi connectivity index (χ4v) is 3.29. The highest BCUT2D eigenvalue weighted by Gasteiger charge is 2.30. The van der Waals surface area contributed by atoms with Crippen LogP contribution < -0.4 is 5.32 Å². The third-order valence-electron chi connectivity index (χ3n) is 4.80. The summed E-state index contributed by atoms with van der Waals surface area (Å²) in [6, 6.07) is 5.04. The number of phenols is 1. The topological polar surface area (TPSA) is 35.5 Å². The van der Waals surface area contributed by atoms with E-state index in [0.717, 1.165) is 31.1 Å². The lowest BCUT2D eigenvalue weighted by Gasteiger charge is -2.32. The van der Waals surface area contributed by atoms with Crippen molar-refractivity contribution in [2.45, 2.75) is 44.7 Å². The van der Waals surface area contributed by atoms with Gasteiger partial charge in [0.2, 0.25) is 0 Å². The third kappa shape index (κ3) is 3.74. The number of nitrogens with zero attached hydrogens (tertiary/aromatic N) is 1. The first-order valence-electron chi connectivity index (χ1n) is 8.09. The minimum Gasteiger partial charge on any atom is -0.508 e. The van der Waals surface area contributed by atoms with Crippen molar-refractivity contribution in [1.82, 2.24) is 10.2 Å². The summed E-state index contributed by atoms with van der Waals surface area (Å²) in [4.78, 5) is 2.45. The number of nitrogens with one attached hydrogen (secondary N) is 1. The molecule has 0 aromatic heterocycles. The molecule has 1 aromatic carbocycles. The highest BCUT2D eigenvalue weighted by molar-refractivity contribution is 5.35. The summed E-state index contributed by atoms with van der Waals surface area (Å²) >= 11 is 0. The Morgan fingerprint density at radius 3 is 2.76 bits per heavy atom. The molecule has 0 amide bonds. The molecule has 0 radical (unpaired) electrons. The van der Waals surface area contributed by atoms with Crippen molar-refractivity contribution >= 4 is 0 Å². The van der Waals surface area contributed by atoms with Crippen molar-refractivity contribution in [1.29, 1.82) is 0 Å². The Kier molecular flexibility index (Phi) is 4.45. The first-order valence-corrected chi connectivity index (χ1v) is 8.09. The van der Waals surface area contributed by atoms with E-state index in [9.17, 15) is 9.50 Å². The van der Waals surface area contributed by atoms with Gasteiger partial charge in [0.05, 0.1) is 0 Å². The minimum atomic E-state index is -0.380. The van der Waals surface area contributed by atoms with E-state index < -0.39 is 0 Å². The van der Waals surface area contributed by atoms with Gasteiger partial charge in [-0.15, -0.1) is 0 Å². The van der Waals surface area contributed by atoms with Gasteiger partial charge in [0.25, 0.3) is 0 Å². The van der Waals surface area contributed by atoms with Crippen LogP contribution in [0.4, 0.5) is 4.39 Å². The van der Waals surface area contributed by atoms with Crippen LogP contribution in [0.15, 0.2) is 18.2 Å². The standard InChI is InChI=1S/C17H25FN2O/c1-12(16-7-6-14(18)9-17(16)21)20(10-13-4-5-13)11-15-3-2-8-19-15/h6-7,9,12-13,15,19,21H,2-5,8,10-11H2,1H3. The number of halogens is 1. The molecule has 4 heteroatoms. The van der Waals surface area contributed by atoms with Crippen molar-refractivity contribution in [3.63, 3.8) is 0 Å². The first-order chi connectivity index (χ1) is 10.1. The van der Waals surface area contributed by atoms with Crippen molar-refractivity contribution in [3.8, 4) is 5.75 Å². The lowest BCUT2D eigenvalue weighted by Crippen LogP contribution is -2.40. The Balaban J connectivity index is 1.73. The number of rotatable bonds is 6. The maximum absolute atomic E-state index is 13.2. The molecule has 1 aromatic rings. The van der Waals surface area contributed by atoms with Gasteiger partial charge in [0.1, 0.15) is 11.6 Å². The highest BCUT2D eigenvalue weighted by Crippen LogP contribution is 2.35. The largest absolute Gasteiger partial charge is 0.508 e. The molecule has 2 unspecified atom stereocenters. The van der Waals surface area contributed by atoms with E-state index in [2.05, 4.69) is 17.1 Å². The number of hydrogen-bond donors (Lipinski definition) is 2. The van der Waals surface area contributed by atoms with Gasteiger partial charge in [0, 0.05) is 36.8 Å². The summed E-state index contributed by atoms with van der Waals surface area (Å²) in [5.74, 6) is 0.494. The van der Waals surface area contributed by atoms with E-state index >= 15 is 0 Å². The molecule has 3 rings (SSSR count). The zero-order chi connectivity index (χ0) is 14.8. The predicted octanol–water partition coefficient (Wildman–Crippen LogP) is 3.06. The highest BCUT2D eigenvalue weighted by atomic mass is 19.1. The molecule has 1 saturated carbocycles. The second-order valence-corrected chi connectivity index (χ2v) is 6.57. The Bertz CT molecular complexity index is 484. The average Bonchev–Trinajstić information content (AvgIpc) is 3.11. The van der Waals surface area contributed by atoms with E-state index in [1.54, 1.807) is 6.07 Å². The van der Waals surface area contributed by atoms with Crippen LogP contribution in [0.2, 0.25) is 0 Å². The summed E-state index contributed by atoms with van der Waals surface area (Å²) in [6.45, 7) is 5.31. The van der Waals surface area contributed by atoms with Crippen LogP contribution in [0.25, 0.3) is 0 Å². The molecule has 0 spiro atoms. The number of hydrogen-bond acceptors (Lipinski definition) is 3. The summed E-state index contributed by atoms with van der Waals surface area (Å²) < 4.78 is 13.2. The van der Waals surface area contributed by atoms with E-state index in [1.807, 2.05) is 0 Å². The van der Waals surface area contributed by atoms with Gasteiger partial charge < -0.3 is 10.4 Å². The van der Waals surface area contributed by atoms with Crippen molar-refractivity contribution < 1.29 is 9.50 Å². The average molecular weight is 292 g/mol. The molecule has 21 heavy (non-hydrogen) atoms. The van der Waals surface area contributed by atoms with Gasteiger partial charge in [0.15, 0.2) is 0 Å². The van der Waals surface area contributed by atoms with Crippen LogP contribution in [-0.4, -0.2) is 35.7 Å². The Hall–Kier alpha value is -1.13. The molecular weight excluding hydrogens is 267 g/mol. The Morgan fingerprint density at radius 1 is 1.33 bits per heavy atom. The molecule has 1 aliphatic carbocycles. The van der Waals surface area contributed by atoms with Gasteiger partial charge >= 0.3 is 0 Å². The zero-order valence-electron chi connectivity index (χ0n) is 12.7. The van der Waals surface area contributed by atoms with Crippen LogP contribution in [0.3, 0.4) is 0 Å². The van der Waals surface area contributed by atoms with E-state index in [1.165, 1.54) is 37.8 Å². The summed E-state index contributed by atoms with van der Waals surface area (Å²) in [6.07, 6.45) is 5.11. The fourth-order valence-electron chi connectivity index (χ4n) is 3.29. The van der Waals surface area contributed by atoms with Crippen molar-refractivity contribution in [3.05, 3.63) is 29.6 Å². The van der Waals surface area contributed by atoms with Gasteiger partial charge in [-0.3, -0.25) is 4.90 Å². The molecule has 0 bridgehead atoms. The first kappa shape index (κ1) is 14.8. The van der Waals surface area contributed by atoms with E-state index in [-0.39, 0.29) is 17.6 Å². The lowest BCUT2D eigenvalue weighted by atomic mass is 10.0. The molecule has 2 fully saturated rings. The molecular formula is C17H25FN2O. The van der Waals surface area contributed by atoms with Crippen LogP contribution >= 0.6 is 0 Å². The van der Waals surface area contributed by atoms with Gasteiger partial charge in [-0.05, 0) is 51.1 Å². The monoisotopic (exact) mass is 292 g/mol. The maximum atomic E-state index is 13.2. The molecule has 1 heterocycles. The van der Waals surface area contributed by atoms with Crippen LogP contribution in [-0.2, 0) is 0 Å². The minimum absolute atomic E-state index is 0.0719. The fraction of sp³-hybridized carbons (Fsp3) is 0.647. The second-order valence-electron chi connectivity index (χ2n) is 6.57. The third-order valence-corrected chi connectivity index (χ3v) is 4.80.